The number of carboxylic acids is 1. The van der Waals surface area contributed by atoms with E-state index in [4.69, 9.17) is 5.11 Å². The van der Waals surface area contributed by atoms with Gasteiger partial charge in [0.1, 0.15) is 18.0 Å². The third kappa shape index (κ3) is 2.59. The fraction of sp³-hybridized carbons (Fsp3) is 0.364. The fourth-order valence-corrected chi connectivity index (χ4v) is 3.66. The number of sulfonamides is 1. The molecule has 2 atom stereocenters. The van der Waals surface area contributed by atoms with Gasteiger partial charge in [0, 0.05) is 13.0 Å². The molecule has 0 spiro atoms. The molecule has 1 saturated heterocycles. The van der Waals surface area contributed by atoms with E-state index in [9.17, 15) is 22.0 Å². The van der Waals surface area contributed by atoms with Crippen molar-refractivity contribution in [2.24, 2.45) is 0 Å². The molecule has 2 rings (SSSR count). The Morgan fingerprint density at radius 2 is 2.11 bits per heavy atom. The predicted molar refractivity (Wildman–Crippen MR) is 61.2 cm³/mol. The molecule has 0 unspecified atom stereocenters. The van der Waals surface area contributed by atoms with E-state index in [1.54, 1.807) is 0 Å². The maximum atomic E-state index is 13.3. The quantitative estimate of drug-likeness (QED) is 0.902. The lowest BCUT2D eigenvalue weighted by molar-refractivity contribution is -0.140. The first-order valence-electron chi connectivity index (χ1n) is 5.46. The highest BCUT2D eigenvalue weighted by Crippen LogP contribution is 2.28. The van der Waals surface area contributed by atoms with E-state index < -0.39 is 47.0 Å². The van der Waals surface area contributed by atoms with E-state index in [2.05, 4.69) is 0 Å². The van der Waals surface area contributed by atoms with Crippen molar-refractivity contribution in [2.45, 2.75) is 23.5 Å². The second-order valence-electron chi connectivity index (χ2n) is 4.22. The Balaban J connectivity index is 2.41. The van der Waals surface area contributed by atoms with E-state index >= 15 is 0 Å². The minimum absolute atomic E-state index is 0.382. The maximum Gasteiger partial charge on any atom is 0.322 e. The fourth-order valence-electron chi connectivity index (χ4n) is 2.01. The Morgan fingerprint density at radius 3 is 2.68 bits per heavy atom. The molecule has 8 heteroatoms. The molecule has 0 amide bonds. The third-order valence-corrected chi connectivity index (χ3v) is 4.76. The molecule has 0 aromatic heterocycles. The number of halogens is 2. The van der Waals surface area contributed by atoms with Crippen molar-refractivity contribution >= 4 is 16.0 Å². The summed E-state index contributed by atoms with van der Waals surface area (Å²) >= 11 is 0. The molecular weight excluding hydrogens is 280 g/mol. The average Bonchev–Trinajstić information content (AvgIpc) is 2.72. The van der Waals surface area contributed by atoms with Gasteiger partial charge >= 0.3 is 5.97 Å². The minimum atomic E-state index is -4.22. The monoisotopic (exact) mass is 291 g/mol. The molecule has 1 aliphatic heterocycles. The lowest BCUT2D eigenvalue weighted by atomic mass is 10.2. The van der Waals surface area contributed by atoms with Crippen LogP contribution in [0.2, 0.25) is 0 Å². The number of benzene rings is 1. The number of carbonyl (C=O) groups is 1. The Morgan fingerprint density at radius 1 is 1.42 bits per heavy atom. The van der Waals surface area contributed by atoms with Crippen LogP contribution in [0.1, 0.15) is 6.42 Å². The highest BCUT2D eigenvalue weighted by Gasteiger charge is 2.44. The van der Waals surface area contributed by atoms with Gasteiger partial charge in [-0.2, -0.15) is 4.31 Å². The van der Waals surface area contributed by atoms with Gasteiger partial charge in [0.25, 0.3) is 0 Å². The summed E-state index contributed by atoms with van der Waals surface area (Å²) in [6.45, 7) is -0.532. The summed E-state index contributed by atoms with van der Waals surface area (Å²) in [5, 5.41) is 8.92. The molecule has 1 aromatic rings. The zero-order valence-corrected chi connectivity index (χ0v) is 10.5. The van der Waals surface area contributed by atoms with Crippen LogP contribution in [0.4, 0.5) is 8.78 Å². The molecule has 1 aliphatic rings. The number of hydrogen-bond acceptors (Lipinski definition) is 3. The lowest BCUT2D eigenvalue weighted by Crippen LogP contribution is -2.40. The van der Waals surface area contributed by atoms with Crippen molar-refractivity contribution in [2.75, 3.05) is 6.54 Å². The number of hydrogen-bond donors (Lipinski definition) is 1. The van der Waals surface area contributed by atoms with Crippen molar-refractivity contribution in [3.63, 3.8) is 0 Å². The molecule has 0 bridgehead atoms. The van der Waals surface area contributed by atoms with Gasteiger partial charge in [-0.15, -0.1) is 0 Å². The van der Waals surface area contributed by atoms with Crippen molar-refractivity contribution in [3.8, 4) is 0 Å². The minimum Gasteiger partial charge on any atom is -0.480 e. The topological polar surface area (TPSA) is 74.7 Å². The van der Waals surface area contributed by atoms with Crippen LogP contribution in [-0.2, 0) is 14.8 Å². The Kier molecular flexibility index (Phi) is 3.55. The third-order valence-electron chi connectivity index (χ3n) is 2.89. The molecule has 0 aliphatic carbocycles. The van der Waals surface area contributed by atoms with E-state index in [-0.39, 0.29) is 4.90 Å². The SMILES string of the molecule is O=C(O)[C@@H]1C[C@@H](F)CN1S(=O)(=O)c1cccc(F)c1. The van der Waals surface area contributed by atoms with Crippen LogP contribution in [0.5, 0.6) is 0 Å². The summed E-state index contributed by atoms with van der Waals surface area (Å²) in [6, 6.07) is 2.72. The predicted octanol–water partition coefficient (Wildman–Crippen LogP) is 1.01. The van der Waals surface area contributed by atoms with E-state index in [1.165, 1.54) is 6.07 Å². The summed E-state index contributed by atoms with van der Waals surface area (Å²) < 4.78 is 51.2. The van der Waals surface area contributed by atoms with Gasteiger partial charge < -0.3 is 5.11 Å². The number of alkyl halides is 1. The number of nitrogens with zero attached hydrogens (tertiary/aromatic N) is 1. The van der Waals surface area contributed by atoms with Gasteiger partial charge in [-0.1, -0.05) is 6.07 Å². The molecule has 5 nitrogen and oxygen atoms in total. The first-order valence-corrected chi connectivity index (χ1v) is 6.90. The van der Waals surface area contributed by atoms with E-state index in [0.29, 0.717) is 4.31 Å². The van der Waals surface area contributed by atoms with Crippen molar-refractivity contribution in [1.29, 1.82) is 0 Å². The summed E-state index contributed by atoms with van der Waals surface area (Å²) in [6.07, 6.45) is -1.94. The number of aliphatic carboxylic acids is 1. The molecule has 104 valence electrons. The largest absolute Gasteiger partial charge is 0.480 e. The molecule has 0 saturated carbocycles. The smallest absolute Gasteiger partial charge is 0.322 e. The highest BCUT2D eigenvalue weighted by molar-refractivity contribution is 7.89. The molecule has 0 radical (unpaired) electrons. The van der Waals surface area contributed by atoms with Crippen molar-refractivity contribution in [3.05, 3.63) is 30.1 Å². The standard InChI is InChI=1S/C11H11F2NO4S/c12-7-2-1-3-9(4-7)19(17,18)14-6-8(13)5-10(14)11(15)16/h1-4,8,10H,5-6H2,(H,15,16)/t8-,10+/m1/s1. The molecule has 1 fully saturated rings. The van der Waals surface area contributed by atoms with E-state index in [0.717, 1.165) is 18.2 Å². The van der Waals surface area contributed by atoms with E-state index in [1.807, 2.05) is 0 Å². The second kappa shape index (κ2) is 4.86. The van der Waals surface area contributed by atoms with Crippen molar-refractivity contribution in [1.82, 2.24) is 4.31 Å². The summed E-state index contributed by atoms with van der Waals surface area (Å²) in [7, 11) is -4.22. The Bertz CT molecular complexity index is 604. The van der Waals surface area contributed by atoms with Crippen LogP contribution in [0.15, 0.2) is 29.2 Å². The summed E-state index contributed by atoms with van der Waals surface area (Å²) in [5.74, 6) is -2.18. The first kappa shape index (κ1) is 13.9. The number of rotatable bonds is 3. The Hall–Kier alpha value is -1.54. The van der Waals surface area contributed by atoms with Crippen LogP contribution in [0, 0.1) is 5.82 Å². The van der Waals surface area contributed by atoms with Crippen LogP contribution in [0.25, 0.3) is 0 Å². The van der Waals surface area contributed by atoms with Crippen LogP contribution in [0.3, 0.4) is 0 Å². The lowest BCUT2D eigenvalue weighted by Gasteiger charge is -2.20. The zero-order chi connectivity index (χ0) is 14.2. The van der Waals surface area contributed by atoms with Gasteiger partial charge in [-0.3, -0.25) is 4.79 Å². The van der Waals surface area contributed by atoms with Crippen molar-refractivity contribution < 1.29 is 27.1 Å². The normalized spacial score (nSPS) is 24.5. The first-order chi connectivity index (χ1) is 8.82. The molecule has 19 heavy (non-hydrogen) atoms. The molecule has 1 aromatic carbocycles. The van der Waals surface area contributed by atoms with Gasteiger partial charge in [-0.25, -0.2) is 17.2 Å². The second-order valence-corrected chi connectivity index (χ2v) is 6.11. The number of carboxylic acid groups (broad SMARTS) is 1. The van der Waals surface area contributed by atoms with Crippen LogP contribution < -0.4 is 0 Å². The highest BCUT2D eigenvalue weighted by atomic mass is 32.2. The van der Waals surface area contributed by atoms with Gasteiger partial charge in [0.2, 0.25) is 10.0 Å². The summed E-state index contributed by atoms with van der Waals surface area (Å²) in [4.78, 5) is 10.6. The molecule has 1 heterocycles. The van der Waals surface area contributed by atoms with Crippen LogP contribution in [-0.4, -0.2) is 42.6 Å². The maximum absolute atomic E-state index is 13.3. The Labute approximate surface area is 108 Å². The summed E-state index contributed by atoms with van der Waals surface area (Å²) in [5.41, 5.74) is 0. The van der Waals surface area contributed by atoms with Crippen LogP contribution >= 0.6 is 0 Å². The van der Waals surface area contributed by atoms with Gasteiger partial charge in [-0.05, 0) is 18.2 Å². The molecular formula is C11H11F2NO4S. The molecule has 1 N–H and O–H groups in total. The van der Waals surface area contributed by atoms with Gasteiger partial charge in [0.05, 0.1) is 4.90 Å². The zero-order valence-electron chi connectivity index (χ0n) is 9.66. The average molecular weight is 291 g/mol. The van der Waals surface area contributed by atoms with Gasteiger partial charge in [0.15, 0.2) is 0 Å².